The molecule has 1 atom stereocenters. The van der Waals surface area contributed by atoms with E-state index in [-0.39, 0.29) is 12.4 Å². The van der Waals surface area contributed by atoms with Gasteiger partial charge in [-0.3, -0.25) is 4.79 Å². The highest BCUT2D eigenvalue weighted by molar-refractivity contribution is 7.81. The molecule has 0 heterocycles. The Bertz CT molecular complexity index is 137. The third-order valence-electron chi connectivity index (χ3n) is 0.489. The van der Waals surface area contributed by atoms with Crippen molar-refractivity contribution in [2.45, 2.75) is 12.4 Å². The first-order valence-electron chi connectivity index (χ1n) is 2.12. The summed E-state index contributed by atoms with van der Waals surface area (Å²) in [5.74, 6) is -1.93. The van der Waals surface area contributed by atoms with Gasteiger partial charge >= 0.3 is 11.9 Å². The molecule has 0 aliphatic rings. The minimum Gasteiger partial charge on any atom is -0.478 e. The number of aliphatic carboxylic acids is 1. The van der Waals surface area contributed by atoms with Crippen molar-refractivity contribution in [3.05, 3.63) is 0 Å². The standard InChI is InChI=1S/C4H6O4S.ClH/c1-2(5)8-4(9)3(6)7;/h4,9H,1H3,(H,6,7);1H. The summed E-state index contributed by atoms with van der Waals surface area (Å²) in [6.07, 6.45) is 0. The number of thiol groups is 1. The second kappa shape index (κ2) is 5.37. The number of rotatable bonds is 2. The van der Waals surface area contributed by atoms with Crippen LogP contribution in [0.25, 0.3) is 0 Å². The van der Waals surface area contributed by atoms with Crippen molar-refractivity contribution >= 4 is 37.0 Å². The fourth-order valence-electron chi connectivity index (χ4n) is 0.208. The molecule has 10 heavy (non-hydrogen) atoms. The van der Waals surface area contributed by atoms with E-state index >= 15 is 0 Å². The van der Waals surface area contributed by atoms with Crippen LogP contribution in [0.15, 0.2) is 0 Å². The predicted octanol–water partition coefficient (Wildman–Crippen LogP) is 0.312. The number of carbonyl (C=O) groups excluding carboxylic acids is 1. The molecular formula is C4H7ClO4S. The summed E-state index contributed by atoms with van der Waals surface area (Å²) in [6, 6.07) is 0. The first kappa shape index (κ1) is 12.3. The van der Waals surface area contributed by atoms with E-state index in [0.717, 1.165) is 6.92 Å². The smallest absolute Gasteiger partial charge is 0.355 e. The summed E-state index contributed by atoms with van der Waals surface area (Å²) in [5.41, 5.74) is -1.34. The molecule has 0 aromatic heterocycles. The normalized spacial score (nSPS) is 11.0. The Kier molecular flexibility index (Phi) is 6.59. The van der Waals surface area contributed by atoms with Crippen molar-refractivity contribution < 1.29 is 19.4 Å². The van der Waals surface area contributed by atoms with Gasteiger partial charge in [0.1, 0.15) is 0 Å². The average Bonchev–Trinajstić information content (AvgIpc) is 1.63. The van der Waals surface area contributed by atoms with Crippen LogP contribution in [0.1, 0.15) is 6.92 Å². The highest BCUT2D eigenvalue weighted by atomic mass is 35.5. The average molecular weight is 187 g/mol. The van der Waals surface area contributed by atoms with Gasteiger partial charge in [-0.05, 0) is 0 Å². The molecule has 0 aromatic carbocycles. The maximum absolute atomic E-state index is 10.0. The van der Waals surface area contributed by atoms with Gasteiger partial charge in [0, 0.05) is 6.92 Å². The molecule has 0 saturated heterocycles. The fourth-order valence-corrected chi connectivity index (χ4v) is 0.356. The number of carbonyl (C=O) groups is 2. The molecule has 0 saturated carbocycles. The van der Waals surface area contributed by atoms with Gasteiger partial charge < -0.3 is 9.84 Å². The number of carboxylic acids is 1. The molecule has 1 unspecified atom stereocenters. The van der Waals surface area contributed by atoms with Crippen molar-refractivity contribution in [2.75, 3.05) is 0 Å². The van der Waals surface area contributed by atoms with Gasteiger partial charge in [0.05, 0.1) is 0 Å². The summed E-state index contributed by atoms with van der Waals surface area (Å²) in [7, 11) is 0. The maximum Gasteiger partial charge on any atom is 0.355 e. The van der Waals surface area contributed by atoms with Crippen LogP contribution in [0.4, 0.5) is 0 Å². The van der Waals surface area contributed by atoms with E-state index in [1.807, 2.05) is 0 Å². The SMILES string of the molecule is CC(=O)OC(S)C(=O)O.Cl. The highest BCUT2D eigenvalue weighted by Crippen LogP contribution is 1.96. The monoisotopic (exact) mass is 186 g/mol. The van der Waals surface area contributed by atoms with E-state index in [4.69, 9.17) is 5.11 Å². The van der Waals surface area contributed by atoms with Crippen LogP contribution in [-0.4, -0.2) is 22.5 Å². The first-order valence-corrected chi connectivity index (χ1v) is 2.63. The summed E-state index contributed by atoms with van der Waals surface area (Å²) >= 11 is 3.42. The van der Waals surface area contributed by atoms with E-state index < -0.39 is 17.4 Å². The molecule has 0 rings (SSSR count). The van der Waals surface area contributed by atoms with Gasteiger partial charge in [-0.2, -0.15) is 0 Å². The van der Waals surface area contributed by atoms with Crippen molar-refractivity contribution in [1.29, 1.82) is 0 Å². The molecule has 4 nitrogen and oxygen atoms in total. The number of hydrogen-bond donors (Lipinski definition) is 2. The maximum atomic E-state index is 10.0. The number of esters is 1. The van der Waals surface area contributed by atoms with Crippen LogP contribution >= 0.6 is 25.0 Å². The molecule has 0 aromatic rings. The van der Waals surface area contributed by atoms with Crippen LogP contribution < -0.4 is 0 Å². The Labute approximate surface area is 69.4 Å². The van der Waals surface area contributed by atoms with E-state index in [2.05, 4.69) is 17.4 Å². The molecule has 0 aliphatic carbocycles. The number of carboxylic acid groups (broad SMARTS) is 1. The van der Waals surface area contributed by atoms with Gasteiger partial charge in [-0.15, -0.1) is 25.0 Å². The highest BCUT2D eigenvalue weighted by Gasteiger charge is 2.13. The number of ether oxygens (including phenoxy) is 1. The number of halogens is 1. The zero-order chi connectivity index (χ0) is 7.44. The second-order valence-electron chi connectivity index (χ2n) is 1.30. The van der Waals surface area contributed by atoms with Crippen LogP contribution in [0, 0.1) is 0 Å². The Morgan fingerprint density at radius 1 is 1.60 bits per heavy atom. The van der Waals surface area contributed by atoms with Crippen molar-refractivity contribution in [2.24, 2.45) is 0 Å². The van der Waals surface area contributed by atoms with Gasteiger partial charge in [-0.1, -0.05) is 0 Å². The van der Waals surface area contributed by atoms with Crippen LogP contribution in [0.2, 0.25) is 0 Å². The molecule has 0 radical (unpaired) electrons. The Morgan fingerprint density at radius 2 is 2.00 bits per heavy atom. The molecule has 0 bridgehead atoms. The predicted molar refractivity (Wildman–Crippen MR) is 39.4 cm³/mol. The van der Waals surface area contributed by atoms with Gasteiger partial charge in [0.25, 0.3) is 0 Å². The van der Waals surface area contributed by atoms with E-state index in [1.165, 1.54) is 0 Å². The summed E-state index contributed by atoms with van der Waals surface area (Å²) < 4.78 is 4.14. The Morgan fingerprint density at radius 3 is 2.10 bits per heavy atom. The minimum absolute atomic E-state index is 0. The molecular weight excluding hydrogens is 180 g/mol. The molecule has 0 spiro atoms. The quantitative estimate of drug-likeness (QED) is 0.370. The Hall–Kier alpha value is -0.420. The van der Waals surface area contributed by atoms with Gasteiger partial charge in [0.2, 0.25) is 5.44 Å². The summed E-state index contributed by atoms with van der Waals surface area (Å²) in [4.78, 5) is 19.9. The molecule has 0 fully saturated rings. The van der Waals surface area contributed by atoms with Crippen LogP contribution in [0.5, 0.6) is 0 Å². The van der Waals surface area contributed by atoms with Crippen molar-refractivity contribution in [3.8, 4) is 0 Å². The summed E-state index contributed by atoms with van der Waals surface area (Å²) in [6.45, 7) is 1.12. The van der Waals surface area contributed by atoms with E-state index in [9.17, 15) is 9.59 Å². The molecule has 0 amide bonds. The van der Waals surface area contributed by atoms with Gasteiger partial charge in [0.15, 0.2) is 0 Å². The Balaban J connectivity index is 0. The second-order valence-corrected chi connectivity index (χ2v) is 1.77. The molecule has 0 aliphatic heterocycles. The number of hydrogen-bond acceptors (Lipinski definition) is 4. The van der Waals surface area contributed by atoms with Crippen LogP contribution in [-0.2, 0) is 14.3 Å². The van der Waals surface area contributed by atoms with E-state index in [1.54, 1.807) is 0 Å². The lowest BCUT2D eigenvalue weighted by Gasteiger charge is -2.03. The third-order valence-corrected chi connectivity index (χ3v) is 0.815. The lowest BCUT2D eigenvalue weighted by atomic mass is 10.7. The van der Waals surface area contributed by atoms with Crippen molar-refractivity contribution in [1.82, 2.24) is 0 Å². The summed E-state index contributed by atoms with van der Waals surface area (Å²) in [5, 5.41) is 8.08. The van der Waals surface area contributed by atoms with Gasteiger partial charge in [-0.25, -0.2) is 4.79 Å². The van der Waals surface area contributed by atoms with Crippen LogP contribution in [0.3, 0.4) is 0 Å². The topological polar surface area (TPSA) is 63.6 Å². The largest absolute Gasteiger partial charge is 0.478 e. The zero-order valence-electron chi connectivity index (χ0n) is 5.10. The molecule has 1 N–H and O–H groups in total. The zero-order valence-corrected chi connectivity index (χ0v) is 6.82. The van der Waals surface area contributed by atoms with Crippen molar-refractivity contribution in [3.63, 3.8) is 0 Å². The fraction of sp³-hybridized carbons (Fsp3) is 0.500. The lowest BCUT2D eigenvalue weighted by molar-refractivity contribution is -0.156. The van der Waals surface area contributed by atoms with E-state index in [0.29, 0.717) is 0 Å². The lowest BCUT2D eigenvalue weighted by Crippen LogP contribution is -2.19. The minimum atomic E-state index is -1.34. The molecule has 6 heteroatoms. The first-order chi connectivity index (χ1) is 4.04. The third kappa shape index (κ3) is 5.71. The molecule has 60 valence electrons.